The lowest BCUT2D eigenvalue weighted by Gasteiger charge is -2.73. The molecule has 1 nitrogen and oxygen atoms in total. The Morgan fingerprint density at radius 3 is 1.87 bits per heavy atom. The Labute approximate surface area is 192 Å². The summed E-state index contributed by atoms with van der Waals surface area (Å²) >= 11 is 0. The molecule has 5 aliphatic rings. The van der Waals surface area contributed by atoms with Crippen molar-refractivity contribution in [1.82, 2.24) is 0 Å². The van der Waals surface area contributed by atoms with E-state index >= 15 is 0 Å². The van der Waals surface area contributed by atoms with E-state index in [2.05, 4.69) is 55.4 Å². The molecule has 0 radical (unpaired) electrons. The van der Waals surface area contributed by atoms with Crippen LogP contribution in [0.3, 0.4) is 0 Å². The molecule has 5 rings (SSSR count). The van der Waals surface area contributed by atoms with E-state index in [0.29, 0.717) is 27.4 Å². The summed E-state index contributed by atoms with van der Waals surface area (Å²) in [5.41, 5.74) is 2.20. The van der Waals surface area contributed by atoms with Crippen LogP contribution in [0.25, 0.3) is 0 Å². The van der Waals surface area contributed by atoms with Gasteiger partial charge in [0.15, 0.2) is 0 Å². The highest BCUT2D eigenvalue weighted by atomic mass is 16.1. The number of rotatable bonds is 1. The van der Waals surface area contributed by atoms with E-state index < -0.39 is 0 Å². The van der Waals surface area contributed by atoms with E-state index in [1.807, 2.05) is 0 Å². The third-order valence-corrected chi connectivity index (χ3v) is 13.9. The summed E-state index contributed by atoms with van der Waals surface area (Å²) < 4.78 is 0. The Balaban J connectivity index is 1.53. The number of ketones is 1. The first-order chi connectivity index (χ1) is 14.3. The van der Waals surface area contributed by atoms with Crippen molar-refractivity contribution in [1.29, 1.82) is 0 Å². The summed E-state index contributed by atoms with van der Waals surface area (Å²) in [6.07, 6.45) is 13.3. The molecule has 5 aliphatic carbocycles. The lowest BCUT2D eigenvalue weighted by Crippen LogP contribution is -2.66. The molecule has 0 unspecified atom stereocenters. The lowest BCUT2D eigenvalue weighted by atomic mass is 9.31. The van der Waals surface area contributed by atoms with Crippen molar-refractivity contribution in [2.45, 2.75) is 120 Å². The first-order valence-electron chi connectivity index (χ1n) is 13.9. The SMILES string of the molecule is CC(C)[C@H]1CC[C@@H]2[C@]1(C)CC[C@]1(C)[C@H]3CC[C@@]4(C)[C@H](CCC(=O)[C@@H]4C)[C@]3(C)CC[C@@]21C. The monoisotopic (exact) mass is 426 g/mol. The van der Waals surface area contributed by atoms with Gasteiger partial charge in [0.05, 0.1) is 0 Å². The molecule has 1 heteroatoms. The summed E-state index contributed by atoms with van der Waals surface area (Å²) in [6.45, 7) is 20.6. The van der Waals surface area contributed by atoms with Gasteiger partial charge in [-0.2, -0.15) is 0 Å². The van der Waals surface area contributed by atoms with Gasteiger partial charge in [0.25, 0.3) is 0 Å². The van der Waals surface area contributed by atoms with Gasteiger partial charge in [-0.25, -0.2) is 0 Å². The van der Waals surface area contributed by atoms with Crippen LogP contribution < -0.4 is 0 Å². The Morgan fingerprint density at radius 1 is 0.677 bits per heavy atom. The van der Waals surface area contributed by atoms with Crippen molar-refractivity contribution in [3.63, 3.8) is 0 Å². The summed E-state index contributed by atoms with van der Waals surface area (Å²) in [7, 11) is 0. The van der Waals surface area contributed by atoms with E-state index in [-0.39, 0.29) is 11.3 Å². The van der Waals surface area contributed by atoms with Crippen LogP contribution in [-0.4, -0.2) is 5.78 Å². The Bertz CT molecular complexity index is 768. The van der Waals surface area contributed by atoms with Crippen LogP contribution in [0.2, 0.25) is 0 Å². The zero-order valence-electron chi connectivity index (χ0n) is 21.9. The normalized spacial score (nSPS) is 59.0. The minimum atomic E-state index is 0.240. The van der Waals surface area contributed by atoms with Crippen LogP contribution in [0.1, 0.15) is 120 Å². The van der Waals surface area contributed by atoms with Crippen molar-refractivity contribution < 1.29 is 4.79 Å². The highest BCUT2D eigenvalue weighted by molar-refractivity contribution is 5.82. The number of Topliss-reactive ketones (excluding diaryl/α,β-unsaturated/α-hetero) is 1. The second-order valence-electron chi connectivity index (χ2n) is 14.7. The number of hydrogen-bond acceptors (Lipinski definition) is 1. The van der Waals surface area contributed by atoms with E-state index in [0.717, 1.165) is 42.4 Å². The molecule has 0 amide bonds. The molecule has 0 bridgehead atoms. The quantitative estimate of drug-likeness (QED) is 0.412. The topological polar surface area (TPSA) is 17.1 Å². The molecule has 0 N–H and O–H groups in total. The molecule has 10 atom stereocenters. The van der Waals surface area contributed by atoms with Crippen molar-refractivity contribution in [3.8, 4) is 0 Å². The molecule has 0 heterocycles. The summed E-state index contributed by atoms with van der Waals surface area (Å²) in [6, 6.07) is 0. The first kappa shape index (κ1) is 22.5. The largest absolute Gasteiger partial charge is 0.299 e. The Hall–Kier alpha value is -0.330. The number of carbonyl (C=O) groups is 1. The predicted molar refractivity (Wildman–Crippen MR) is 130 cm³/mol. The number of hydrogen-bond donors (Lipinski definition) is 0. The van der Waals surface area contributed by atoms with Gasteiger partial charge in [-0.15, -0.1) is 0 Å². The van der Waals surface area contributed by atoms with Gasteiger partial charge in [-0.3, -0.25) is 4.79 Å². The molecule has 0 spiro atoms. The standard InChI is InChI=1S/C30H50O/c1-19(2)21-9-11-24-27(21,5)15-17-30(8)25-13-14-26(4)20(3)22(31)10-12-23(26)28(25,6)16-18-29(24,30)7/h19-21,23-25H,9-18H2,1-8H3/t20-,21+,23-,24+,25-,26+,27+,28-,29-,30+/m0/s1. The van der Waals surface area contributed by atoms with Gasteiger partial charge in [0, 0.05) is 12.3 Å². The number of fused-ring (bicyclic) bond motifs is 7. The fourth-order valence-corrected chi connectivity index (χ4v) is 11.9. The molecule has 0 aromatic heterocycles. The molecular formula is C30H50O. The fraction of sp³-hybridized carbons (Fsp3) is 0.967. The van der Waals surface area contributed by atoms with Crippen molar-refractivity contribution in [2.24, 2.45) is 62.6 Å². The average Bonchev–Trinajstić information content (AvgIpc) is 3.06. The van der Waals surface area contributed by atoms with E-state index in [1.54, 1.807) is 0 Å². The van der Waals surface area contributed by atoms with Gasteiger partial charge in [-0.1, -0.05) is 55.4 Å². The van der Waals surface area contributed by atoms with Crippen LogP contribution in [0.5, 0.6) is 0 Å². The molecule has 0 saturated heterocycles. The highest BCUT2D eigenvalue weighted by Gasteiger charge is 2.71. The molecule has 0 aromatic rings. The van der Waals surface area contributed by atoms with Gasteiger partial charge in [0.1, 0.15) is 5.78 Å². The van der Waals surface area contributed by atoms with Crippen LogP contribution in [0.15, 0.2) is 0 Å². The molecule has 31 heavy (non-hydrogen) atoms. The van der Waals surface area contributed by atoms with Gasteiger partial charge < -0.3 is 0 Å². The minimum absolute atomic E-state index is 0.240. The van der Waals surface area contributed by atoms with Crippen LogP contribution >= 0.6 is 0 Å². The third kappa shape index (κ3) is 2.53. The Morgan fingerprint density at radius 2 is 1.26 bits per heavy atom. The first-order valence-corrected chi connectivity index (χ1v) is 13.9. The van der Waals surface area contributed by atoms with Crippen molar-refractivity contribution in [3.05, 3.63) is 0 Å². The van der Waals surface area contributed by atoms with E-state index in [1.165, 1.54) is 51.4 Å². The maximum absolute atomic E-state index is 12.7. The highest BCUT2D eigenvalue weighted by Crippen LogP contribution is 2.78. The van der Waals surface area contributed by atoms with Gasteiger partial charge in [-0.05, 0) is 114 Å². The molecular weight excluding hydrogens is 376 g/mol. The third-order valence-electron chi connectivity index (χ3n) is 13.9. The van der Waals surface area contributed by atoms with E-state index in [9.17, 15) is 4.79 Å². The maximum Gasteiger partial charge on any atom is 0.136 e. The Kier molecular flexibility index (Phi) is 4.80. The molecule has 0 aromatic carbocycles. The van der Waals surface area contributed by atoms with Crippen molar-refractivity contribution in [2.75, 3.05) is 0 Å². The minimum Gasteiger partial charge on any atom is -0.299 e. The van der Waals surface area contributed by atoms with Crippen LogP contribution in [-0.2, 0) is 4.79 Å². The van der Waals surface area contributed by atoms with Gasteiger partial charge >= 0.3 is 0 Å². The number of carbonyl (C=O) groups excluding carboxylic acids is 1. The fourth-order valence-electron chi connectivity index (χ4n) is 11.9. The van der Waals surface area contributed by atoms with E-state index in [4.69, 9.17) is 0 Å². The zero-order chi connectivity index (χ0) is 22.6. The second kappa shape index (κ2) is 6.63. The summed E-state index contributed by atoms with van der Waals surface area (Å²) in [5, 5.41) is 0. The molecule has 5 saturated carbocycles. The molecule has 176 valence electrons. The molecule has 0 aliphatic heterocycles. The molecule has 5 fully saturated rings. The van der Waals surface area contributed by atoms with Crippen molar-refractivity contribution >= 4 is 5.78 Å². The summed E-state index contributed by atoms with van der Waals surface area (Å²) in [5.74, 6) is 5.07. The lowest BCUT2D eigenvalue weighted by molar-refractivity contribution is -0.245. The predicted octanol–water partition coefficient (Wildman–Crippen LogP) is 8.31. The van der Waals surface area contributed by atoms with Gasteiger partial charge in [0.2, 0.25) is 0 Å². The second-order valence-corrected chi connectivity index (χ2v) is 14.7. The summed E-state index contributed by atoms with van der Waals surface area (Å²) in [4.78, 5) is 12.7. The van der Waals surface area contributed by atoms with Crippen LogP contribution in [0, 0.1) is 62.6 Å². The van der Waals surface area contributed by atoms with Crippen LogP contribution in [0.4, 0.5) is 0 Å². The average molecular weight is 427 g/mol. The smallest absolute Gasteiger partial charge is 0.136 e. The zero-order valence-corrected chi connectivity index (χ0v) is 21.9. The maximum atomic E-state index is 12.7.